The molecular formula is C43H52O12. The van der Waals surface area contributed by atoms with Crippen molar-refractivity contribution in [2.24, 2.45) is 34.5 Å². The molecule has 3 saturated carbocycles. The Balaban J connectivity index is 1.10. The molecule has 5 fully saturated rings. The summed E-state index contributed by atoms with van der Waals surface area (Å²) in [5.74, 6) is -1.50. The third-order valence-corrected chi connectivity index (χ3v) is 14.9. The molecule has 2 saturated heterocycles. The van der Waals surface area contributed by atoms with E-state index in [1.165, 1.54) is 55.9 Å². The molecule has 10 atom stereocenters. The van der Waals surface area contributed by atoms with Crippen LogP contribution in [0.1, 0.15) is 91.0 Å². The number of aromatic hydroxyl groups is 1. The Morgan fingerprint density at radius 2 is 1.84 bits per heavy atom. The van der Waals surface area contributed by atoms with Crippen molar-refractivity contribution in [3.63, 3.8) is 0 Å². The first-order valence-electron chi connectivity index (χ1n) is 20.0. The van der Waals surface area contributed by atoms with Crippen LogP contribution < -0.4 is 4.74 Å². The van der Waals surface area contributed by atoms with Gasteiger partial charge < -0.3 is 49.6 Å². The number of aromatic carboxylic acids is 1. The Labute approximate surface area is 319 Å². The second-order valence-electron chi connectivity index (χ2n) is 17.7. The number of phenolic OH excluding ortho intramolecular Hbond substituents is 1. The summed E-state index contributed by atoms with van der Waals surface area (Å²) < 4.78 is 25.8. The molecule has 0 aromatic heterocycles. The van der Waals surface area contributed by atoms with Crippen LogP contribution in [0.2, 0.25) is 0 Å². The number of aryl methyl sites for hydroxylation is 1. The number of rotatable bonds is 7. The number of allylic oxidation sites excluding steroid dienone is 2. The van der Waals surface area contributed by atoms with Gasteiger partial charge in [0, 0.05) is 18.6 Å². The molecule has 296 valence electrons. The van der Waals surface area contributed by atoms with Gasteiger partial charge in [0.2, 0.25) is 6.29 Å². The normalized spacial score (nSPS) is 37.5. The zero-order valence-electron chi connectivity index (χ0n) is 31.5. The fraction of sp³-hybridized carbons (Fsp3) is 0.628. The summed E-state index contributed by atoms with van der Waals surface area (Å²) >= 11 is 0. The van der Waals surface area contributed by atoms with Crippen LogP contribution in [-0.4, -0.2) is 106 Å². The van der Waals surface area contributed by atoms with E-state index in [1.807, 2.05) is 0 Å². The van der Waals surface area contributed by atoms with Crippen molar-refractivity contribution < 1.29 is 59.2 Å². The zero-order chi connectivity index (χ0) is 38.6. The number of carboxylic acids is 1. The first kappa shape index (κ1) is 37.2. The second kappa shape index (κ2) is 13.4. The van der Waals surface area contributed by atoms with Crippen molar-refractivity contribution in [1.29, 1.82) is 0 Å². The number of benzene rings is 2. The fourth-order valence-corrected chi connectivity index (χ4v) is 12.9. The van der Waals surface area contributed by atoms with Crippen LogP contribution in [0.25, 0.3) is 10.8 Å². The van der Waals surface area contributed by atoms with Crippen molar-refractivity contribution in [3.8, 4) is 11.5 Å². The minimum atomic E-state index is -1.71. The standard InChI is InChI=1S/C43H52O12/c1-21-11-24-12-25(39(50)51)13-30(34(24)36(47)32(21)22(2)46)54-40-37(48)38(49)43(31(17-45)55-40)16-27-28-15-41(7-3-4-8-41)14-26-18-52-20-42(9-10-44,35(26)28)29-6-5-23(19-53-43)33(27)29/h6,11-13,26-28,31,35,37-38,40,44-45,47-49H,3-5,7-10,14-20H2,1-2H3,(H,50,51)/t26-,27-,28-,31+,35+,37+,38+,40+,42-,43+/m0/s1. The van der Waals surface area contributed by atoms with E-state index < -0.39 is 54.3 Å². The van der Waals surface area contributed by atoms with Crippen molar-refractivity contribution in [2.45, 2.75) is 102 Å². The molecule has 9 rings (SSSR count). The molecule has 0 bridgehead atoms. The molecule has 55 heavy (non-hydrogen) atoms. The predicted octanol–water partition coefficient (Wildman–Crippen LogP) is 4.59. The second-order valence-corrected chi connectivity index (χ2v) is 17.7. The van der Waals surface area contributed by atoms with Crippen molar-refractivity contribution in [2.75, 3.05) is 33.0 Å². The minimum Gasteiger partial charge on any atom is -0.506 e. The Bertz CT molecular complexity index is 1990. The lowest BCUT2D eigenvalue weighted by Gasteiger charge is -2.64. The van der Waals surface area contributed by atoms with Crippen LogP contribution in [-0.2, 0) is 14.2 Å². The number of aliphatic hydroxyl groups is 4. The number of hydrogen-bond acceptors (Lipinski definition) is 11. The first-order valence-corrected chi connectivity index (χ1v) is 20.0. The Hall–Kier alpha value is -3.36. The number of ketones is 1. The van der Waals surface area contributed by atoms with E-state index in [1.54, 1.807) is 13.0 Å². The van der Waals surface area contributed by atoms with E-state index in [2.05, 4.69) is 6.08 Å². The molecule has 12 heteroatoms. The van der Waals surface area contributed by atoms with Gasteiger partial charge in [-0.2, -0.15) is 0 Å². The van der Waals surface area contributed by atoms with E-state index >= 15 is 0 Å². The van der Waals surface area contributed by atoms with E-state index in [0.717, 1.165) is 18.4 Å². The van der Waals surface area contributed by atoms with E-state index in [0.29, 0.717) is 49.3 Å². The molecule has 2 aromatic carbocycles. The number of hydrogen-bond donors (Lipinski definition) is 6. The number of fused-ring (bicyclic) bond motifs is 3. The number of ether oxygens (including phenoxy) is 4. The highest BCUT2D eigenvalue weighted by Crippen LogP contribution is 2.70. The van der Waals surface area contributed by atoms with Gasteiger partial charge in [-0.1, -0.05) is 25.0 Å². The molecule has 0 amide bonds. The van der Waals surface area contributed by atoms with Gasteiger partial charge in [0.15, 0.2) is 5.78 Å². The Morgan fingerprint density at radius 3 is 2.55 bits per heavy atom. The first-order chi connectivity index (χ1) is 26.4. The van der Waals surface area contributed by atoms with Crippen LogP contribution in [0.5, 0.6) is 11.5 Å². The van der Waals surface area contributed by atoms with Gasteiger partial charge in [-0.05, 0) is 128 Å². The maximum atomic E-state index is 12.5. The van der Waals surface area contributed by atoms with Gasteiger partial charge in [0.05, 0.1) is 36.3 Å². The number of phenols is 1. The number of carboxylic acid groups (broad SMARTS) is 1. The number of carbonyl (C=O) groups excluding carboxylic acids is 1. The lowest BCUT2D eigenvalue weighted by atomic mass is 9.43. The van der Waals surface area contributed by atoms with Gasteiger partial charge >= 0.3 is 5.97 Å². The Morgan fingerprint density at radius 1 is 1.05 bits per heavy atom. The minimum absolute atomic E-state index is 0.0444. The monoisotopic (exact) mass is 760 g/mol. The summed E-state index contributed by atoms with van der Waals surface area (Å²) in [5, 5.41) is 67.5. The molecule has 2 spiro atoms. The third kappa shape index (κ3) is 5.42. The molecule has 7 aliphatic rings. The van der Waals surface area contributed by atoms with E-state index in [-0.39, 0.29) is 64.1 Å². The smallest absolute Gasteiger partial charge is 0.335 e. The molecule has 4 aliphatic carbocycles. The van der Waals surface area contributed by atoms with Gasteiger partial charge in [-0.15, -0.1) is 0 Å². The number of aliphatic hydroxyl groups excluding tert-OH is 4. The average Bonchev–Trinajstić information content (AvgIpc) is 3.75. The quantitative estimate of drug-likeness (QED) is 0.216. The van der Waals surface area contributed by atoms with Crippen LogP contribution in [0.3, 0.4) is 0 Å². The molecule has 2 aromatic rings. The molecule has 0 unspecified atom stereocenters. The van der Waals surface area contributed by atoms with E-state index in [9.17, 15) is 40.2 Å². The van der Waals surface area contributed by atoms with Crippen molar-refractivity contribution >= 4 is 22.5 Å². The largest absolute Gasteiger partial charge is 0.506 e. The Kier molecular flexibility index (Phi) is 9.04. The average molecular weight is 761 g/mol. The summed E-state index contributed by atoms with van der Waals surface area (Å²) in [6.07, 6.45) is 4.71. The van der Waals surface area contributed by atoms with Crippen LogP contribution in [0.15, 0.2) is 41.0 Å². The van der Waals surface area contributed by atoms with Crippen LogP contribution in [0, 0.1) is 41.4 Å². The summed E-state index contributed by atoms with van der Waals surface area (Å²) in [6.45, 7) is 3.85. The van der Waals surface area contributed by atoms with Crippen LogP contribution in [0.4, 0.5) is 0 Å². The molecule has 3 aliphatic heterocycles. The van der Waals surface area contributed by atoms with Gasteiger partial charge in [0.1, 0.15) is 35.4 Å². The van der Waals surface area contributed by atoms with Crippen LogP contribution >= 0.6 is 0 Å². The lowest BCUT2D eigenvalue weighted by molar-refractivity contribution is -0.326. The molecule has 3 heterocycles. The summed E-state index contributed by atoms with van der Waals surface area (Å²) in [4.78, 5) is 24.7. The van der Waals surface area contributed by atoms with Gasteiger partial charge in [0.25, 0.3) is 0 Å². The van der Waals surface area contributed by atoms with Crippen molar-refractivity contribution in [3.05, 3.63) is 57.7 Å². The SMILES string of the molecule is CC(=O)c1c(C)cc2cc(C(=O)O)cc(O[C@@H]3O[C@H](CO)[C@]4(C[C@@H]5C6=C(CC=C6[C@]6(CCO)COC[C@@H]7CC8(CCCC8)C[C@@H]5[C@@H]76)CO4)[C@H](O)[C@H]3O)c2c1O. The summed E-state index contributed by atoms with van der Waals surface area (Å²) in [7, 11) is 0. The molecule has 0 radical (unpaired) electrons. The molecular weight excluding hydrogens is 708 g/mol. The highest BCUT2D eigenvalue weighted by atomic mass is 16.7. The number of Topliss-reactive ketones (excluding diaryl/α,β-unsaturated/α-hetero) is 1. The fourth-order valence-electron chi connectivity index (χ4n) is 12.9. The number of carbonyl (C=O) groups is 2. The zero-order valence-corrected chi connectivity index (χ0v) is 31.5. The maximum absolute atomic E-state index is 12.5. The summed E-state index contributed by atoms with van der Waals surface area (Å²) in [5.41, 5.74) is 2.26. The lowest BCUT2D eigenvalue weighted by Crippen LogP contribution is -2.70. The molecule has 12 nitrogen and oxygen atoms in total. The summed E-state index contributed by atoms with van der Waals surface area (Å²) in [6, 6.07) is 4.13. The van der Waals surface area contributed by atoms with Crippen molar-refractivity contribution in [1.82, 2.24) is 0 Å². The van der Waals surface area contributed by atoms with Gasteiger partial charge in [-0.3, -0.25) is 4.79 Å². The highest BCUT2D eigenvalue weighted by Gasteiger charge is 2.67. The topological polar surface area (TPSA) is 192 Å². The van der Waals surface area contributed by atoms with Gasteiger partial charge in [-0.25, -0.2) is 4.79 Å². The molecule has 6 N–H and O–H groups in total. The predicted molar refractivity (Wildman–Crippen MR) is 198 cm³/mol. The van der Waals surface area contributed by atoms with E-state index in [4.69, 9.17) is 18.9 Å². The maximum Gasteiger partial charge on any atom is 0.335 e. The third-order valence-electron chi connectivity index (χ3n) is 14.9. The highest BCUT2D eigenvalue weighted by molar-refractivity contribution is 6.08.